The number of benzene rings is 2. The third-order valence-electron chi connectivity index (χ3n) is 7.29. The molecule has 3 aliphatic rings. The predicted octanol–water partition coefficient (Wildman–Crippen LogP) is 3.28. The van der Waals surface area contributed by atoms with Crippen molar-refractivity contribution in [3.8, 4) is 0 Å². The number of nitrogens with one attached hydrogen (secondary N) is 1. The number of carbonyl (C=O) groups excluding carboxylic acids is 1. The van der Waals surface area contributed by atoms with Gasteiger partial charge in [0.2, 0.25) is 5.82 Å². The SMILES string of the molecule is O=C(NC1CCCC1)c1nnc2n1C[C@@]1(CCN(Cc3ccc4ccccc4c3)C1)OC2. The molecule has 166 valence electrons. The van der Waals surface area contributed by atoms with Crippen molar-refractivity contribution in [3.05, 3.63) is 59.7 Å². The van der Waals surface area contributed by atoms with Crippen LogP contribution in [0.5, 0.6) is 0 Å². The molecule has 3 aromatic rings. The molecule has 2 aromatic carbocycles. The van der Waals surface area contributed by atoms with Crippen LogP contribution in [-0.2, 0) is 24.4 Å². The van der Waals surface area contributed by atoms with Crippen LogP contribution in [0.2, 0.25) is 0 Å². The zero-order valence-electron chi connectivity index (χ0n) is 18.3. The van der Waals surface area contributed by atoms with Crippen LogP contribution in [0.3, 0.4) is 0 Å². The minimum absolute atomic E-state index is 0.0984. The normalized spacial score (nSPS) is 23.8. The van der Waals surface area contributed by atoms with E-state index in [9.17, 15) is 4.79 Å². The molecule has 7 heteroatoms. The summed E-state index contributed by atoms with van der Waals surface area (Å²) in [6.45, 7) is 3.78. The number of fused-ring (bicyclic) bond motifs is 2. The maximum atomic E-state index is 12.9. The van der Waals surface area contributed by atoms with E-state index in [1.54, 1.807) is 0 Å². The standard InChI is InChI=1S/C25H29N5O2/c31-24(26-21-7-3-4-8-21)23-28-27-22-15-32-25(17-30(22)23)11-12-29(16-25)14-18-9-10-19-5-1-2-6-20(19)13-18/h1-2,5-6,9-10,13,21H,3-4,7-8,11-12,14-17H2,(H,26,31)/t25-/m0/s1. The highest BCUT2D eigenvalue weighted by atomic mass is 16.5. The molecule has 1 saturated carbocycles. The maximum absolute atomic E-state index is 12.9. The Balaban J connectivity index is 1.15. The lowest BCUT2D eigenvalue weighted by atomic mass is 10.0. The van der Waals surface area contributed by atoms with Gasteiger partial charge in [-0.25, -0.2) is 0 Å². The van der Waals surface area contributed by atoms with Gasteiger partial charge in [-0.1, -0.05) is 49.2 Å². The van der Waals surface area contributed by atoms with Crippen LogP contribution in [0.4, 0.5) is 0 Å². The van der Waals surface area contributed by atoms with E-state index in [0.717, 1.165) is 44.7 Å². The summed E-state index contributed by atoms with van der Waals surface area (Å²) in [6.07, 6.45) is 5.44. The summed E-state index contributed by atoms with van der Waals surface area (Å²) in [5.74, 6) is 1.08. The van der Waals surface area contributed by atoms with Crippen molar-refractivity contribution >= 4 is 16.7 Å². The number of amides is 1. The van der Waals surface area contributed by atoms with E-state index < -0.39 is 0 Å². The average molecular weight is 432 g/mol. The van der Waals surface area contributed by atoms with Crippen LogP contribution >= 0.6 is 0 Å². The van der Waals surface area contributed by atoms with Crippen LogP contribution in [0, 0.1) is 0 Å². The van der Waals surface area contributed by atoms with Crippen molar-refractivity contribution in [2.75, 3.05) is 13.1 Å². The van der Waals surface area contributed by atoms with E-state index in [0.29, 0.717) is 19.0 Å². The number of likely N-dealkylation sites (tertiary alicyclic amines) is 1. The van der Waals surface area contributed by atoms with Gasteiger partial charge in [-0.05, 0) is 41.7 Å². The highest BCUT2D eigenvalue weighted by Gasteiger charge is 2.44. The summed E-state index contributed by atoms with van der Waals surface area (Å²) in [5, 5.41) is 14.2. The Kier molecular flexibility index (Phi) is 4.96. The van der Waals surface area contributed by atoms with Crippen molar-refractivity contribution in [1.82, 2.24) is 25.0 Å². The molecule has 2 fully saturated rings. The Hall–Kier alpha value is -2.77. The van der Waals surface area contributed by atoms with Gasteiger partial charge in [-0.3, -0.25) is 9.69 Å². The lowest BCUT2D eigenvalue weighted by Crippen LogP contribution is -2.45. The summed E-state index contributed by atoms with van der Waals surface area (Å²) in [5.41, 5.74) is 1.03. The minimum atomic E-state index is -0.283. The first-order chi connectivity index (χ1) is 15.7. The quantitative estimate of drug-likeness (QED) is 0.686. The van der Waals surface area contributed by atoms with Crippen molar-refractivity contribution in [2.45, 2.75) is 63.4 Å². The highest BCUT2D eigenvalue weighted by molar-refractivity contribution is 5.91. The lowest BCUT2D eigenvalue weighted by molar-refractivity contribution is -0.0828. The Morgan fingerprint density at radius 1 is 1.09 bits per heavy atom. The van der Waals surface area contributed by atoms with Gasteiger partial charge in [0.15, 0.2) is 5.82 Å². The Morgan fingerprint density at radius 2 is 1.94 bits per heavy atom. The largest absolute Gasteiger partial charge is 0.364 e. The molecule has 1 saturated heterocycles. The number of hydrogen-bond acceptors (Lipinski definition) is 5. The second kappa shape index (κ2) is 7.98. The zero-order chi connectivity index (χ0) is 21.5. The molecular formula is C25H29N5O2. The molecule has 1 amide bonds. The zero-order valence-corrected chi connectivity index (χ0v) is 18.3. The fourth-order valence-corrected chi connectivity index (χ4v) is 5.55. The monoisotopic (exact) mass is 431 g/mol. The summed E-state index contributed by atoms with van der Waals surface area (Å²) in [6, 6.07) is 15.5. The average Bonchev–Trinajstić information content (AvgIpc) is 3.55. The minimum Gasteiger partial charge on any atom is -0.364 e. The molecule has 1 aromatic heterocycles. The second-order valence-corrected chi connectivity index (χ2v) is 9.59. The van der Waals surface area contributed by atoms with Crippen LogP contribution in [0.15, 0.2) is 42.5 Å². The van der Waals surface area contributed by atoms with Gasteiger partial charge >= 0.3 is 0 Å². The van der Waals surface area contributed by atoms with Crippen LogP contribution < -0.4 is 5.32 Å². The van der Waals surface area contributed by atoms with E-state index in [2.05, 4.69) is 62.9 Å². The van der Waals surface area contributed by atoms with E-state index in [1.165, 1.54) is 29.2 Å². The van der Waals surface area contributed by atoms with E-state index in [1.807, 2.05) is 4.57 Å². The van der Waals surface area contributed by atoms with E-state index in [4.69, 9.17) is 4.74 Å². The van der Waals surface area contributed by atoms with Crippen molar-refractivity contribution in [2.24, 2.45) is 0 Å². The van der Waals surface area contributed by atoms with Crippen molar-refractivity contribution < 1.29 is 9.53 Å². The Morgan fingerprint density at radius 3 is 2.81 bits per heavy atom. The fourth-order valence-electron chi connectivity index (χ4n) is 5.55. The van der Waals surface area contributed by atoms with Crippen molar-refractivity contribution in [1.29, 1.82) is 0 Å². The van der Waals surface area contributed by atoms with Crippen LogP contribution in [0.25, 0.3) is 10.8 Å². The maximum Gasteiger partial charge on any atom is 0.289 e. The molecule has 1 aliphatic carbocycles. The molecule has 0 bridgehead atoms. The van der Waals surface area contributed by atoms with Gasteiger partial charge in [0.1, 0.15) is 12.2 Å². The molecule has 6 rings (SSSR count). The summed E-state index contributed by atoms with van der Waals surface area (Å²) in [7, 11) is 0. The number of nitrogens with zero attached hydrogens (tertiary/aromatic N) is 4. The number of ether oxygens (including phenoxy) is 1. The Labute approximate surface area is 187 Å². The molecule has 1 atom stereocenters. The number of carbonyl (C=O) groups is 1. The number of hydrogen-bond donors (Lipinski definition) is 1. The third-order valence-corrected chi connectivity index (χ3v) is 7.29. The molecule has 7 nitrogen and oxygen atoms in total. The first-order valence-electron chi connectivity index (χ1n) is 11.7. The van der Waals surface area contributed by atoms with Gasteiger partial charge in [0, 0.05) is 25.7 Å². The molecule has 2 aliphatic heterocycles. The molecule has 3 heterocycles. The van der Waals surface area contributed by atoms with E-state index >= 15 is 0 Å². The summed E-state index contributed by atoms with van der Waals surface area (Å²) in [4.78, 5) is 15.3. The van der Waals surface area contributed by atoms with Gasteiger partial charge < -0.3 is 14.6 Å². The fraction of sp³-hybridized carbons (Fsp3) is 0.480. The van der Waals surface area contributed by atoms with Crippen LogP contribution in [0.1, 0.15) is 54.1 Å². The lowest BCUT2D eigenvalue weighted by Gasteiger charge is -2.34. The first-order valence-corrected chi connectivity index (χ1v) is 11.7. The Bertz CT molecular complexity index is 1150. The first kappa shape index (κ1) is 19.9. The molecule has 32 heavy (non-hydrogen) atoms. The summed E-state index contributed by atoms with van der Waals surface area (Å²) < 4.78 is 8.31. The number of rotatable bonds is 4. The van der Waals surface area contributed by atoms with Gasteiger partial charge in [-0.15, -0.1) is 10.2 Å². The van der Waals surface area contributed by atoms with Crippen molar-refractivity contribution in [3.63, 3.8) is 0 Å². The predicted molar refractivity (Wildman–Crippen MR) is 121 cm³/mol. The smallest absolute Gasteiger partial charge is 0.289 e. The number of aromatic nitrogens is 3. The molecule has 0 unspecified atom stereocenters. The molecule has 1 spiro atoms. The van der Waals surface area contributed by atoms with E-state index in [-0.39, 0.29) is 17.6 Å². The van der Waals surface area contributed by atoms with Crippen LogP contribution in [-0.4, -0.2) is 50.3 Å². The topological polar surface area (TPSA) is 72.3 Å². The second-order valence-electron chi connectivity index (χ2n) is 9.59. The third kappa shape index (κ3) is 3.69. The molecular weight excluding hydrogens is 402 g/mol. The highest BCUT2D eigenvalue weighted by Crippen LogP contribution is 2.33. The van der Waals surface area contributed by atoms with Gasteiger partial charge in [0.05, 0.1) is 6.54 Å². The molecule has 1 N–H and O–H groups in total. The summed E-state index contributed by atoms with van der Waals surface area (Å²) >= 11 is 0. The van der Waals surface area contributed by atoms with Gasteiger partial charge in [0.25, 0.3) is 5.91 Å². The molecule has 0 radical (unpaired) electrons. The van der Waals surface area contributed by atoms with Gasteiger partial charge in [-0.2, -0.15) is 0 Å².